The molecule has 0 saturated carbocycles. The Morgan fingerprint density at radius 2 is 1.95 bits per heavy atom. The quantitative estimate of drug-likeness (QED) is 0.241. The zero-order valence-electron chi connectivity index (χ0n) is 21.0. The largest absolute Gasteiger partial charge is 0.357 e. The summed E-state index contributed by atoms with van der Waals surface area (Å²) in [6.07, 6.45) is 7.27. The van der Waals surface area contributed by atoms with Gasteiger partial charge in [0.15, 0.2) is 5.65 Å². The molecule has 2 saturated heterocycles. The van der Waals surface area contributed by atoms with Gasteiger partial charge in [0, 0.05) is 57.3 Å². The molecule has 2 unspecified atom stereocenters. The molecule has 198 valence electrons. The zero-order valence-corrected chi connectivity index (χ0v) is 23.3. The maximum absolute atomic E-state index is 12.5. The van der Waals surface area contributed by atoms with Crippen molar-refractivity contribution in [3.05, 3.63) is 50.9 Å². The molecule has 3 aromatic rings. The van der Waals surface area contributed by atoms with Gasteiger partial charge in [-0.15, -0.1) is 11.3 Å². The van der Waals surface area contributed by atoms with Crippen molar-refractivity contribution in [2.45, 2.75) is 57.4 Å². The molecule has 0 aliphatic carbocycles. The van der Waals surface area contributed by atoms with Crippen molar-refractivity contribution < 1.29 is 14.6 Å². The van der Waals surface area contributed by atoms with E-state index in [4.69, 9.17) is 33.2 Å². The monoisotopic (exact) mass is 562 g/mol. The molecule has 0 radical (unpaired) electrons. The Hall–Kier alpha value is -1.97. The molecule has 7 nitrogen and oxygen atoms in total. The summed E-state index contributed by atoms with van der Waals surface area (Å²) in [4.78, 5) is 24.3. The summed E-state index contributed by atoms with van der Waals surface area (Å²) in [5, 5.41) is 16.3. The van der Waals surface area contributed by atoms with E-state index < -0.39 is 0 Å². The highest BCUT2D eigenvalue weighted by Gasteiger charge is 2.42. The van der Waals surface area contributed by atoms with Gasteiger partial charge in [0.2, 0.25) is 5.91 Å². The van der Waals surface area contributed by atoms with Crippen molar-refractivity contribution in [3.8, 4) is 0 Å². The lowest BCUT2D eigenvalue weighted by molar-refractivity contribution is -1.12. The van der Waals surface area contributed by atoms with Crippen LogP contribution in [0.15, 0.2) is 30.3 Å². The number of aryl methyl sites for hydroxylation is 1. The maximum atomic E-state index is 12.5. The van der Waals surface area contributed by atoms with Crippen molar-refractivity contribution in [2.75, 3.05) is 37.6 Å². The molecular weight excluding hydrogens is 529 g/mol. The van der Waals surface area contributed by atoms with Crippen molar-refractivity contribution in [3.63, 3.8) is 0 Å². The number of thiazole rings is 1. The number of fused-ring (bicyclic) bond motifs is 1. The van der Waals surface area contributed by atoms with Crippen LogP contribution in [0.1, 0.15) is 61.6 Å². The van der Waals surface area contributed by atoms with E-state index in [0.717, 1.165) is 52.7 Å². The van der Waals surface area contributed by atoms with Crippen LogP contribution >= 0.6 is 34.5 Å². The Morgan fingerprint density at radius 3 is 2.76 bits per heavy atom. The second-order valence-corrected chi connectivity index (χ2v) is 12.0. The van der Waals surface area contributed by atoms with Crippen molar-refractivity contribution >= 4 is 56.6 Å². The summed E-state index contributed by atoms with van der Waals surface area (Å²) >= 11 is 13.9. The van der Waals surface area contributed by atoms with Gasteiger partial charge < -0.3 is 10.2 Å². The molecule has 0 bridgehead atoms. The van der Waals surface area contributed by atoms with Crippen molar-refractivity contribution in [1.29, 1.82) is 0 Å². The van der Waals surface area contributed by atoms with E-state index in [2.05, 4.69) is 22.3 Å². The molecule has 5 rings (SSSR count). The summed E-state index contributed by atoms with van der Waals surface area (Å²) in [5.41, 5.74) is 1.79. The van der Waals surface area contributed by atoms with Crippen LogP contribution < -0.4 is 10.2 Å². The molecule has 10 heteroatoms. The summed E-state index contributed by atoms with van der Waals surface area (Å²) < 4.78 is 1.04. The standard InChI is InChI=1S/C27H33Cl2N5O2S/c28-20-8-7-19(18-21(20)29)22-6-4-16-34(22,36)17-5-13-30-25(35)11-12-26-32-27-23(37-26)9-10-24(31-27)33-14-2-1-3-15-33/h7-10,18,22,36H,1-6,11-17H2/p+1. The number of piperidine rings is 1. The van der Waals surface area contributed by atoms with Crippen LogP contribution in [0.25, 0.3) is 10.3 Å². The molecule has 2 fully saturated rings. The number of likely N-dealkylation sites (tertiary alicyclic amines) is 1. The minimum Gasteiger partial charge on any atom is -0.357 e. The molecular formula is C27H34Cl2N5O2S+. The average Bonchev–Trinajstić information content (AvgIpc) is 3.50. The molecule has 1 amide bonds. The number of halogens is 2. The number of amides is 1. The van der Waals surface area contributed by atoms with Gasteiger partial charge in [-0.05, 0) is 43.5 Å². The molecule has 0 spiro atoms. The van der Waals surface area contributed by atoms with E-state index in [-0.39, 0.29) is 16.6 Å². The average molecular weight is 564 g/mol. The topological polar surface area (TPSA) is 78.4 Å². The Kier molecular flexibility index (Phi) is 8.51. The zero-order chi connectivity index (χ0) is 25.8. The number of aromatic nitrogens is 2. The predicted molar refractivity (Wildman–Crippen MR) is 150 cm³/mol. The number of carbonyl (C=O) groups excluding carboxylic acids is 1. The number of nitrogens with zero attached hydrogens (tertiary/aromatic N) is 4. The smallest absolute Gasteiger partial charge is 0.220 e. The summed E-state index contributed by atoms with van der Waals surface area (Å²) in [6, 6.07) is 9.76. The van der Waals surface area contributed by atoms with E-state index in [9.17, 15) is 10.0 Å². The summed E-state index contributed by atoms with van der Waals surface area (Å²) in [7, 11) is 0. The Labute approximate surface area is 232 Å². The van der Waals surface area contributed by atoms with Gasteiger partial charge in [-0.1, -0.05) is 29.3 Å². The van der Waals surface area contributed by atoms with E-state index in [1.54, 1.807) is 17.4 Å². The third-order valence-electron chi connectivity index (χ3n) is 7.50. The van der Waals surface area contributed by atoms with Gasteiger partial charge >= 0.3 is 0 Å². The van der Waals surface area contributed by atoms with Crippen molar-refractivity contribution in [2.24, 2.45) is 0 Å². The SMILES string of the molecule is O=C(CCc1nc2nc(N3CCCCC3)ccc2s1)NCCC[N+]1(O)CCCC1c1ccc(Cl)c(Cl)c1. The third kappa shape index (κ3) is 6.37. The van der Waals surface area contributed by atoms with Crippen LogP contribution in [0.2, 0.25) is 10.0 Å². The van der Waals surface area contributed by atoms with Crippen LogP contribution in [0.4, 0.5) is 5.82 Å². The maximum Gasteiger partial charge on any atom is 0.220 e. The third-order valence-corrected chi connectivity index (χ3v) is 9.31. The van der Waals surface area contributed by atoms with Gasteiger partial charge in [-0.25, -0.2) is 15.2 Å². The fraction of sp³-hybridized carbons (Fsp3) is 0.519. The second-order valence-electron chi connectivity index (χ2n) is 10.1. The number of quaternary nitrogens is 1. The number of carbonyl (C=O) groups is 1. The molecule has 2 aliphatic rings. The molecule has 1 aromatic carbocycles. The number of anilines is 1. The van der Waals surface area contributed by atoms with Gasteiger partial charge in [0.1, 0.15) is 24.9 Å². The second kappa shape index (κ2) is 11.8. The van der Waals surface area contributed by atoms with Gasteiger partial charge in [-0.3, -0.25) is 4.79 Å². The van der Waals surface area contributed by atoms with E-state index in [1.165, 1.54) is 19.3 Å². The highest BCUT2D eigenvalue weighted by Crippen LogP contribution is 2.39. The lowest BCUT2D eigenvalue weighted by Crippen LogP contribution is -2.45. The van der Waals surface area contributed by atoms with Gasteiger partial charge in [0.05, 0.1) is 19.8 Å². The molecule has 2 N–H and O–H groups in total. The van der Waals surface area contributed by atoms with Crippen LogP contribution in [0.3, 0.4) is 0 Å². The van der Waals surface area contributed by atoms with Crippen LogP contribution in [-0.4, -0.2) is 58.5 Å². The summed E-state index contributed by atoms with van der Waals surface area (Å²) in [5.74, 6) is 1.01. The van der Waals surface area contributed by atoms with Crippen LogP contribution in [0, 0.1) is 0 Å². The van der Waals surface area contributed by atoms with Gasteiger partial charge in [-0.2, -0.15) is 4.65 Å². The predicted octanol–water partition coefficient (Wildman–Crippen LogP) is 6.17. The molecule has 4 heterocycles. The number of hydrogen-bond donors (Lipinski definition) is 2. The first-order chi connectivity index (χ1) is 17.9. The molecule has 2 aliphatic heterocycles. The fourth-order valence-corrected chi connectivity index (χ4v) is 6.75. The lowest BCUT2D eigenvalue weighted by atomic mass is 10.0. The lowest BCUT2D eigenvalue weighted by Gasteiger charge is -2.32. The highest BCUT2D eigenvalue weighted by atomic mass is 35.5. The Morgan fingerprint density at radius 1 is 1.11 bits per heavy atom. The number of pyridine rings is 1. The molecule has 2 aromatic heterocycles. The number of hydroxylamine groups is 3. The first-order valence-electron chi connectivity index (χ1n) is 13.2. The number of rotatable bonds is 9. The normalized spacial score (nSPS) is 22.0. The Bertz CT molecular complexity index is 1250. The molecule has 2 atom stereocenters. The fourth-order valence-electron chi connectivity index (χ4n) is 5.53. The van der Waals surface area contributed by atoms with E-state index in [0.29, 0.717) is 48.9 Å². The number of nitrogens with one attached hydrogen (secondary N) is 1. The van der Waals surface area contributed by atoms with Crippen molar-refractivity contribution in [1.82, 2.24) is 15.3 Å². The minimum absolute atomic E-state index is 0.00756. The van der Waals surface area contributed by atoms with E-state index in [1.807, 2.05) is 12.1 Å². The Balaban J connectivity index is 1.08. The first-order valence-corrected chi connectivity index (χ1v) is 14.8. The molecule has 37 heavy (non-hydrogen) atoms. The highest BCUT2D eigenvalue weighted by molar-refractivity contribution is 7.18. The van der Waals surface area contributed by atoms with E-state index >= 15 is 0 Å². The first kappa shape index (κ1) is 26.6. The number of benzene rings is 1. The number of hydrogen-bond acceptors (Lipinski definition) is 6. The van der Waals surface area contributed by atoms with Gasteiger partial charge in [0.25, 0.3) is 0 Å². The summed E-state index contributed by atoms with van der Waals surface area (Å²) in [6.45, 7) is 3.93. The van der Waals surface area contributed by atoms with Crippen LogP contribution in [-0.2, 0) is 11.2 Å². The van der Waals surface area contributed by atoms with Crippen LogP contribution in [0.5, 0.6) is 0 Å². The minimum atomic E-state index is -0.0219.